The molecule has 0 saturated carbocycles. The van der Waals surface area contributed by atoms with E-state index in [2.05, 4.69) is 20.1 Å². The molecule has 0 radical (unpaired) electrons. The summed E-state index contributed by atoms with van der Waals surface area (Å²) in [5.74, 6) is 0.310. The van der Waals surface area contributed by atoms with Gasteiger partial charge in [0.2, 0.25) is 5.82 Å². The summed E-state index contributed by atoms with van der Waals surface area (Å²) in [6.45, 7) is 0. The molecule has 94 valence electrons. The highest BCUT2D eigenvalue weighted by molar-refractivity contribution is 6.32. The molecule has 19 heavy (non-hydrogen) atoms. The van der Waals surface area contributed by atoms with Crippen molar-refractivity contribution >= 4 is 11.6 Å². The Morgan fingerprint density at radius 1 is 1.05 bits per heavy atom. The summed E-state index contributed by atoms with van der Waals surface area (Å²) >= 11 is 6.00. The van der Waals surface area contributed by atoms with Crippen LogP contribution in [0.15, 0.2) is 41.2 Å². The molecule has 0 aromatic carbocycles. The quantitative estimate of drug-likeness (QED) is 0.773. The SMILES string of the molecule is Oc1cccnc1-c1nc(-c2ncccc2Cl)no1. The number of pyridine rings is 2. The summed E-state index contributed by atoms with van der Waals surface area (Å²) in [6.07, 6.45) is 3.10. The van der Waals surface area contributed by atoms with Gasteiger partial charge in [0.05, 0.1) is 5.02 Å². The molecule has 1 N–H and O–H groups in total. The molecule has 0 unspecified atom stereocenters. The lowest BCUT2D eigenvalue weighted by atomic mass is 10.3. The maximum Gasteiger partial charge on any atom is 0.280 e. The van der Waals surface area contributed by atoms with Crippen molar-refractivity contribution in [3.8, 4) is 28.9 Å². The molecule has 3 aromatic heterocycles. The number of nitrogens with zero attached hydrogens (tertiary/aromatic N) is 4. The molecule has 0 saturated heterocycles. The summed E-state index contributed by atoms with van der Waals surface area (Å²) < 4.78 is 5.06. The monoisotopic (exact) mass is 274 g/mol. The second-order valence-electron chi connectivity index (χ2n) is 3.63. The minimum Gasteiger partial charge on any atom is -0.505 e. The Balaban J connectivity index is 2.06. The van der Waals surface area contributed by atoms with Crippen LogP contribution in [0.2, 0.25) is 5.02 Å². The minimum absolute atomic E-state index is 0.0372. The van der Waals surface area contributed by atoms with E-state index in [0.717, 1.165) is 0 Å². The first-order valence-corrected chi connectivity index (χ1v) is 5.72. The van der Waals surface area contributed by atoms with Crippen LogP contribution in [0, 0.1) is 0 Å². The second-order valence-corrected chi connectivity index (χ2v) is 4.04. The van der Waals surface area contributed by atoms with Gasteiger partial charge in [-0.15, -0.1) is 0 Å². The summed E-state index contributed by atoms with van der Waals surface area (Å²) in [7, 11) is 0. The summed E-state index contributed by atoms with van der Waals surface area (Å²) in [5.41, 5.74) is 0.628. The van der Waals surface area contributed by atoms with Crippen molar-refractivity contribution in [1.82, 2.24) is 20.1 Å². The highest BCUT2D eigenvalue weighted by Crippen LogP contribution is 2.28. The standard InChI is InChI=1S/C12H7ClN4O2/c13-7-3-1-5-14-9(7)11-16-12(19-17-11)10-8(18)4-2-6-15-10/h1-6,18H. The zero-order chi connectivity index (χ0) is 13.2. The van der Waals surface area contributed by atoms with E-state index in [1.807, 2.05) is 0 Å². The van der Waals surface area contributed by atoms with Gasteiger partial charge in [-0.1, -0.05) is 16.8 Å². The third-order valence-electron chi connectivity index (χ3n) is 2.39. The van der Waals surface area contributed by atoms with Gasteiger partial charge in [-0.3, -0.25) is 4.98 Å². The first-order valence-electron chi connectivity index (χ1n) is 5.34. The van der Waals surface area contributed by atoms with Crippen LogP contribution in [0.3, 0.4) is 0 Å². The molecule has 0 aliphatic rings. The third-order valence-corrected chi connectivity index (χ3v) is 2.69. The molecule has 3 rings (SSSR count). The number of hydrogen-bond donors (Lipinski definition) is 1. The lowest BCUT2D eigenvalue weighted by Gasteiger charge is -1.96. The Morgan fingerprint density at radius 2 is 1.79 bits per heavy atom. The van der Waals surface area contributed by atoms with Crippen LogP contribution < -0.4 is 0 Å². The molecule has 0 spiro atoms. The van der Waals surface area contributed by atoms with E-state index in [0.29, 0.717) is 10.7 Å². The molecular weight excluding hydrogens is 268 g/mol. The predicted molar refractivity (Wildman–Crippen MR) is 67.4 cm³/mol. The topological polar surface area (TPSA) is 84.9 Å². The van der Waals surface area contributed by atoms with Gasteiger partial charge in [0.15, 0.2) is 5.69 Å². The van der Waals surface area contributed by atoms with Crippen molar-refractivity contribution in [2.24, 2.45) is 0 Å². The maximum atomic E-state index is 9.67. The average molecular weight is 275 g/mol. The molecule has 0 amide bonds. The van der Waals surface area contributed by atoms with Crippen molar-refractivity contribution in [3.05, 3.63) is 41.7 Å². The third kappa shape index (κ3) is 2.13. The van der Waals surface area contributed by atoms with Crippen molar-refractivity contribution in [2.75, 3.05) is 0 Å². The summed E-state index contributed by atoms with van der Waals surface area (Å²) in [6, 6.07) is 6.47. The van der Waals surface area contributed by atoms with Crippen LogP contribution in [-0.2, 0) is 0 Å². The second kappa shape index (κ2) is 4.66. The highest BCUT2D eigenvalue weighted by atomic mass is 35.5. The van der Waals surface area contributed by atoms with Crippen LogP contribution in [0.5, 0.6) is 5.75 Å². The zero-order valence-corrected chi connectivity index (χ0v) is 10.2. The van der Waals surface area contributed by atoms with E-state index >= 15 is 0 Å². The fraction of sp³-hybridized carbons (Fsp3) is 0. The van der Waals surface area contributed by atoms with E-state index in [-0.39, 0.29) is 23.2 Å². The van der Waals surface area contributed by atoms with Gasteiger partial charge in [-0.2, -0.15) is 4.98 Å². The zero-order valence-electron chi connectivity index (χ0n) is 9.49. The van der Waals surface area contributed by atoms with E-state index in [9.17, 15) is 5.11 Å². The Bertz CT molecular complexity index is 669. The molecule has 0 fully saturated rings. The van der Waals surface area contributed by atoms with Gasteiger partial charge in [0, 0.05) is 12.4 Å². The molecule has 3 heterocycles. The highest BCUT2D eigenvalue weighted by Gasteiger charge is 2.17. The Morgan fingerprint density at radius 3 is 2.53 bits per heavy atom. The van der Waals surface area contributed by atoms with E-state index in [1.54, 1.807) is 24.4 Å². The molecular formula is C12H7ClN4O2. The fourth-order valence-corrected chi connectivity index (χ4v) is 1.73. The Hall–Kier alpha value is -2.47. The number of rotatable bonds is 2. The minimum atomic E-state index is -0.0372. The largest absolute Gasteiger partial charge is 0.505 e. The normalized spacial score (nSPS) is 10.6. The van der Waals surface area contributed by atoms with Gasteiger partial charge in [-0.05, 0) is 24.3 Å². The van der Waals surface area contributed by atoms with Crippen LogP contribution in [-0.4, -0.2) is 25.2 Å². The number of aromatic hydroxyl groups is 1. The maximum absolute atomic E-state index is 9.67. The van der Waals surface area contributed by atoms with Crippen LogP contribution in [0.25, 0.3) is 23.1 Å². The van der Waals surface area contributed by atoms with Crippen molar-refractivity contribution in [1.29, 1.82) is 0 Å². The van der Waals surface area contributed by atoms with Gasteiger partial charge >= 0.3 is 0 Å². The lowest BCUT2D eigenvalue weighted by Crippen LogP contribution is -1.87. The number of hydrogen-bond acceptors (Lipinski definition) is 6. The van der Waals surface area contributed by atoms with Crippen LogP contribution in [0.4, 0.5) is 0 Å². The number of aromatic nitrogens is 4. The molecule has 0 atom stereocenters. The number of halogens is 1. The van der Waals surface area contributed by atoms with Crippen molar-refractivity contribution in [2.45, 2.75) is 0 Å². The van der Waals surface area contributed by atoms with Gasteiger partial charge < -0.3 is 9.63 Å². The van der Waals surface area contributed by atoms with E-state index in [1.165, 1.54) is 12.3 Å². The molecule has 7 heteroatoms. The summed E-state index contributed by atoms with van der Waals surface area (Å²) in [4.78, 5) is 12.2. The van der Waals surface area contributed by atoms with Gasteiger partial charge in [-0.25, -0.2) is 4.98 Å². The van der Waals surface area contributed by atoms with Crippen LogP contribution >= 0.6 is 11.6 Å². The first kappa shape index (κ1) is 11.6. The lowest BCUT2D eigenvalue weighted by molar-refractivity contribution is 0.423. The predicted octanol–water partition coefficient (Wildman–Crippen LogP) is 2.55. The van der Waals surface area contributed by atoms with Crippen LogP contribution in [0.1, 0.15) is 0 Å². The molecule has 3 aromatic rings. The summed E-state index contributed by atoms with van der Waals surface area (Å²) in [5, 5.41) is 13.9. The van der Waals surface area contributed by atoms with E-state index in [4.69, 9.17) is 16.1 Å². The molecule has 0 bridgehead atoms. The molecule has 6 nitrogen and oxygen atoms in total. The average Bonchev–Trinajstić information content (AvgIpc) is 2.89. The van der Waals surface area contributed by atoms with E-state index < -0.39 is 0 Å². The van der Waals surface area contributed by atoms with Crippen molar-refractivity contribution in [3.63, 3.8) is 0 Å². The fourth-order valence-electron chi connectivity index (χ4n) is 1.53. The Kier molecular flexibility index (Phi) is 2.85. The molecule has 0 aliphatic carbocycles. The smallest absolute Gasteiger partial charge is 0.280 e. The van der Waals surface area contributed by atoms with Crippen molar-refractivity contribution < 1.29 is 9.63 Å². The first-order chi connectivity index (χ1) is 9.25. The van der Waals surface area contributed by atoms with Gasteiger partial charge in [0.1, 0.15) is 11.4 Å². The Labute approximate surface area is 112 Å². The van der Waals surface area contributed by atoms with Gasteiger partial charge in [0.25, 0.3) is 5.89 Å². The molecule has 0 aliphatic heterocycles.